The highest BCUT2D eigenvalue weighted by Gasteiger charge is 2.28. The van der Waals surface area contributed by atoms with Crippen LogP contribution in [0.15, 0.2) is 65.6 Å². The Morgan fingerprint density at radius 3 is 2.46 bits per heavy atom. The van der Waals surface area contributed by atoms with Crippen LogP contribution in [-0.4, -0.2) is 46.4 Å². The molecule has 35 heavy (non-hydrogen) atoms. The van der Waals surface area contributed by atoms with Crippen molar-refractivity contribution in [3.63, 3.8) is 0 Å². The monoisotopic (exact) mass is 490 g/mol. The number of benzene rings is 3. The van der Waals surface area contributed by atoms with Crippen LogP contribution in [0, 0.1) is 0 Å². The molecule has 7 heteroatoms. The molecular weight excluding hydrogens is 460 g/mol. The smallest absolute Gasteiger partial charge is 0.340 e. The van der Waals surface area contributed by atoms with Gasteiger partial charge in [-0.05, 0) is 56.9 Å². The van der Waals surface area contributed by atoms with Crippen LogP contribution in [-0.2, 0) is 24.1 Å². The standard InChI is InChI=1S/C28H30N2O4S/c1-5-34-28(33)26-24(17-35-20-12-7-6-8-13-20)30(4)23-15-21(18-10-9-11-19(31)14-18)27(32)22(25(23)26)16-29(2)3/h6-15,31-32H,5,16-17H2,1-4H3. The number of nitrogens with zero attached hydrogens (tertiary/aromatic N) is 2. The van der Waals surface area contributed by atoms with Crippen molar-refractivity contribution in [1.29, 1.82) is 0 Å². The molecule has 182 valence electrons. The Morgan fingerprint density at radius 2 is 1.80 bits per heavy atom. The Labute approximate surface area is 209 Å². The van der Waals surface area contributed by atoms with Crippen LogP contribution in [0.3, 0.4) is 0 Å². The lowest BCUT2D eigenvalue weighted by molar-refractivity contribution is 0.0527. The molecule has 0 spiro atoms. The lowest BCUT2D eigenvalue weighted by Crippen LogP contribution is -2.13. The topological polar surface area (TPSA) is 74.9 Å². The summed E-state index contributed by atoms with van der Waals surface area (Å²) in [5.74, 6) is 0.379. The molecule has 4 rings (SSSR count). The highest BCUT2D eigenvalue weighted by atomic mass is 32.2. The van der Waals surface area contributed by atoms with E-state index >= 15 is 0 Å². The Balaban J connectivity index is 1.99. The molecule has 0 aliphatic carbocycles. The van der Waals surface area contributed by atoms with E-state index in [4.69, 9.17) is 4.74 Å². The summed E-state index contributed by atoms with van der Waals surface area (Å²) in [6, 6.07) is 18.7. The number of phenolic OH excluding ortho intramolecular Hbond substituents is 2. The minimum absolute atomic E-state index is 0.0928. The lowest BCUT2D eigenvalue weighted by Gasteiger charge is -2.17. The fourth-order valence-electron chi connectivity index (χ4n) is 4.34. The predicted octanol–water partition coefficient (Wildman–Crippen LogP) is 5.79. The number of aromatic hydroxyl groups is 2. The number of carbonyl (C=O) groups is 1. The van der Waals surface area contributed by atoms with Gasteiger partial charge in [-0.2, -0.15) is 0 Å². The van der Waals surface area contributed by atoms with Gasteiger partial charge in [0, 0.05) is 46.4 Å². The summed E-state index contributed by atoms with van der Waals surface area (Å²) >= 11 is 1.64. The molecule has 0 atom stereocenters. The molecule has 6 nitrogen and oxygen atoms in total. The van der Waals surface area contributed by atoms with Crippen molar-refractivity contribution in [1.82, 2.24) is 9.47 Å². The number of esters is 1. The first-order valence-corrected chi connectivity index (χ1v) is 12.5. The molecule has 1 aromatic heterocycles. The van der Waals surface area contributed by atoms with Gasteiger partial charge in [0.25, 0.3) is 0 Å². The molecular formula is C28H30N2O4S. The van der Waals surface area contributed by atoms with Crippen molar-refractivity contribution in [2.24, 2.45) is 7.05 Å². The van der Waals surface area contributed by atoms with Gasteiger partial charge in [0.1, 0.15) is 11.5 Å². The molecule has 3 aromatic carbocycles. The number of phenols is 2. The van der Waals surface area contributed by atoms with Crippen molar-refractivity contribution in [2.45, 2.75) is 24.1 Å². The molecule has 1 heterocycles. The summed E-state index contributed by atoms with van der Waals surface area (Å²) in [5, 5.41) is 22.2. The molecule has 0 amide bonds. The van der Waals surface area contributed by atoms with Crippen LogP contribution in [0.2, 0.25) is 0 Å². The molecule has 0 bridgehead atoms. The third kappa shape index (κ3) is 5.01. The Hall–Kier alpha value is -3.42. The van der Waals surface area contributed by atoms with Crippen molar-refractivity contribution >= 4 is 28.6 Å². The number of aryl methyl sites for hydroxylation is 1. The molecule has 0 aliphatic rings. The number of carbonyl (C=O) groups excluding carboxylic acids is 1. The second-order valence-corrected chi connectivity index (χ2v) is 9.69. The maximum Gasteiger partial charge on any atom is 0.340 e. The highest BCUT2D eigenvalue weighted by Crippen LogP contribution is 2.43. The van der Waals surface area contributed by atoms with Crippen LogP contribution in [0.1, 0.15) is 28.5 Å². The van der Waals surface area contributed by atoms with Gasteiger partial charge in [-0.3, -0.25) is 0 Å². The number of thioether (sulfide) groups is 1. The number of ether oxygens (including phenoxy) is 1. The molecule has 4 aromatic rings. The van der Waals surface area contributed by atoms with Gasteiger partial charge in [-0.25, -0.2) is 4.79 Å². The summed E-state index contributed by atoms with van der Waals surface area (Å²) in [7, 11) is 5.78. The number of hydrogen-bond acceptors (Lipinski definition) is 6. The third-order valence-electron chi connectivity index (χ3n) is 5.91. The van der Waals surface area contributed by atoms with Crippen LogP contribution < -0.4 is 0 Å². The van der Waals surface area contributed by atoms with Gasteiger partial charge >= 0.3 is 5.97 Å². The third-order valence-corrected chi connectivity index (χ3v) is 6.94. The van der Waals surface area contributed by atoms with Gasteiger partial charge < -0.3 is 24.4 Å². The first-order valence-electron chi connectivity index (χ1n) is 11.5. The molecule has 0 saturated carbocycles. The number of fused-ring (bicyclic) bond motifs is 1. The van der Waals surface area contributed by atoms with Crippen LogP contribution in [0.25, 0.3) is 22.0 Å². The first-order chi connectivity index (χ1) is 16.8. The van der Waals surface area contributed by atoms with Gasteiger partial charge in [-0.1, -0.05) is 30.3 Å². The second-order valence-electron chi connectivity index (χ2n) is 8.64. The maximum atomic E-state index is 13.3. The quantitative estimate of drug-likeness (QED) is 0.241. The zero-order valence-electron chi connectivity index (χ0n) is 20.4. The van der Waals surface area contributed by atoms with E-state index in [-0.39, 0.29) is 18.1 Å². The fourth-order valence-corrected chi connectivity index (χ4v) is 5.33. The van der Waals surface area contributed by atoms with E-state index in [0.29, 0.717) is 39.9 Å². The zero-order valence-corrected chi connectivity index (χ0v) is 21.2. The molecule has 0 unspecified atom stereocenters. The average molecular weight is 491 g/mol. The van der Waals surface area contributed by atoms with E-state index in [1.165, 1.54) is 0 Å². The molecule has 0 fully saturated rings. The molecule has 0 aliphatic heterocycles. The van der Waals surface area contributed by atoms with Gasteiger partial charge in [0.2, 0.25) is 0 Å². The maximum absolute atomic E-state index is 13.3. The number of rotatable bonds is 8. The van der Waals surface area contributed by atoms with Gasteiger partial charge in [0.15, 0.2) is 0 Å². The highest BCUT2D eigenvalue weighted by molar-refractivity contribution is 7.98. The van der Waals surface area contributed by atoms with E-state index in [9.17, 15) is 15.0 Å². The predicted molar refractivity (Wildman–Crippen MR) is 141 cm³/mol. The van der Waals surface area contributed by atoms with Gasteiger partial charge in [-0.15, -0.1) is 11.8 Å². The van der Waals surface area contributed by atoms with E-state index in [0.717, 1.165) is 16.1 Å². The van der Waals surface area contributed by atoms with Crippen LogP contribution in [0.4, 0.5) is 0 Å². The summed E-state index contributed by atoms with van der Waals surface area (Å²) in [6.07, 6.45) is 0. The van der Waals surface area contributed by atoms with E-state index in [1.807, 2.05) is 73.1 Å². The Morgan fingerprint density at radius 1 is 1.06 bits per heavy atom. The van der Waals surface area contributed by atoms with Crippen molar-refractivity contribution < 1.29 is 19.7 Å². The molecule has 0 radical (unpaired) electrons. The SMILES string of the molecule is CCOC(=O)c1c(CSc2ccccc2)n(C)c2cc(-c3cccc(O)c3)c(O)c(CN(C)C)c12. The Kier molecular flexibility index (Phi) is 7.38. The van der Waals surface area contributed by atoms with Crippen molar-refractivity contribution in [3.8, 4) is 22.6 Å². The summed E-state index contributed by atoms with van der Waals surface area (Å²) in [6.45, 7) is 2.48. The normalized spacial score (nSPS) is 11.3. The number of hydrogen-bond donors (Lipinski definition) is 2. The minimum Gasteiger partial charge on any atom is -0.508 e. The van der Waals surface area contributed by atoms with Crippen LogP contribution in [0.5, 0.6) is 11.5 Å². The average Bonchev–Trinajstić information content (AvgIpc) is 3.11. The molecule has 0 saturated heterocycles. The van der Waals surface area contributed by atoms with E-state index in [2.05, 4.69) is 0 Å². The summed E-state index contributed by atoms with van der Waals surface area (Å²) in [5.41, 5.74) is 4.10. The van der Waals surface area contributed by atoms with E-state index < -0.39 is 5.97 Å². The van der Waals surface area contributed by atoms with E-state index in [1.54, 1.807) is 36.9 Å². The van der Waals surface area contributed by atoms with Gasteiger partial charge in [0.05, 0.1) is 17.7 Å². The lowest BCUT2D eigenvalue weighted by atomic mass is 9.95. The fraction of sp³-hybridized carbons (Fsp3) is 0.250. The van der Waals surface area contributed by atoms with Crippen LogP contribution >= 0.6 is 11.8 Å². The first kappa shape index (κ1) is 24.7. The largest absolute Gasteiger partial charge is 0.508 e. The second kappa shape index (κ2) is 10.5. The van der Waals surface area contributed by atoms with Crippen molar-refractivity contribution in [2.75, 3.05) is 20.7 Å². The molecule has 2 N–H and O–H groups in total. The summed E-state index contributed by atoms with van der Waals surface area (Å²) < 4.78 is 7.50. The number of aromatic nitrogens is 1. The minimum atomic E-state index is -0.397. The van der Waals surface area contributed by atoms with Crippen molar-refractivity contribution in [3.05, 3.63) is 77.5 Å². The zero-order chi connectivity index (χ0) is 25.1. The Bertz CT molecular complexity index is 1360. The summed E-state index contributed by atoms with van der Waals surface area (Å²) in [4.78, 5) is 16.3.